The van der Waals surface area contributed by atoms with Crippen LogP contribution in [0.15, 0.2) is 12.2 Å². The van der Waals surface area contributed by atoms with Crippen molar-refractivity contribution in [1.82, 2.24) is 10.2 Å². The number of carboxylic acids is 1. The maximum Gasteiger partial charge on any atom is 0.310 e. The van der Waals surface area contributed by atoms with Gasteiger partial charge in [0.1, 0.15) is 6.10 Å². The number of rotatable bonds is 9. The number of sulfone groups is 1. The van der Waals surface area contributed by atoms with Gasteiger partial charge in [-0.2, -0.15) is 0 Å². The van der Waals surface area contributed by atoms with Crippen LogP contribution in [0.4, 0.5) is 0 Å². The number of carbonyl (C=O) groups excluding carboxylic acids is 1. The van der Waals surface area contributed by atoms with E-state index in [0.717, 1.165) is 38.5 Å². The maximum atomic E-state index is 13.5. The number of allylic oxidation sites excluding steroid dienone is 1. The highest BCUT2D eigenvalue weighted by Crippen LogP contribution is 2.76. The van der Waals surface area contributed by atoms with Gasteiger partial charge in [-0.25, -0.2) is 8.42 Å². The van der Waals surface area contributed by atoms with E-state index in [1.54, 1.807) is 0 Å². The lowest BCUT2D eigenvalue weighted by Crippen LogP contribution is -2.69. The molecule has 0 bridgehead atoms. The smallest absolute Gasteiger partial charge is 0.310 e. The van der Waals surface area contributed by atoms with E-state index in [4.69, 9.17) is 4.74 Å². The summed E-state index contributed by atoms with van der Waals surface area (Å²) in [5, 5.41) is 24.4. The lowest BCUT2D eigenvalue weighted by atomic mass is 9.32. The van der Waals surface area contributed by atoms with Crippen molar-refractivity contribution >= 4 is 21.8 Å². The van der Waals surface area contributed by atoms with Gasteiger partial charge in [0.2, 0.25) is 0 Å². The molecule has 0 aromatic rings. The van der Waals surface area contributed by atoms with Crippen molar-refractivity contribution in [3.8, 4) is 0 Å². The zero-order chi connectivity index (χ0) is 38.7. The molecule has 6 aliphatic carbocycles. The SMILES string of the molecule is C=C(C)[C@@H]1CC[C@]2(NCC(CO)N3CCS(=O)(=O)CC3)CC[C@]3(C)[C@H](CC[C@@H]4[C@@]5(C)CC[C@H](OC(=O)[C@H]6[C@@H](C(=O)O)C6(C)C)C(C)(C)[C@@H]5CC[C@]43C)[C@@H]12. The van der Waals surface area contributed by atoms with Crippen molar-refractivity contribution in [3.05, 3.63) is 12.2 Å². The number of nitrogens with one attached hydrogen (secondary N) is 1. The first-order valence-electron chi connectivity index (χ1n) is 21.0. The fourth-order valence-corrected chi connectivity index (χ4v) is 16.3. The van der Waals surface area contributed by atoms with Gasteiger partial charge in [0.05, 0.1) is 29.9 Å². The quantitative estimate of drug-likeness (QED) is 0.182. The van der Waals surface area contributed by atoms with E-state index in [0.29, 0.717) is 49.2 Å². The number of aliphatic carboxylic acids is 1. The van der Waals surface area contributed by atoms with E-state index in [1.807, 2.05) is 13.8 Å². The topological polar surface area (TPSA) is 133 Å². The van der Waals surface area contributed by atoms with Crippen LogP contribution in [0.1, 0.15) is 120 Å². The molecule has 3 N–H and O–H groups in total. The molecule has 13 atom stereocenters. The van der Waals surface area contributed by atoms with E-state index in [-0.39, 0.29) is 63.4 Å². The first kappa shape index (κ1) is 39.7. The molecule has 1 saturated heterocycles. The standard InChI is InChI=1S/C43H70N2O7S/c1-26(2)28-12-17-43(44-24-27(25-46)45-20-22-53(50,51)23-21-45)19-18-41(8)29(33(28)43)10-11-31-40(7)15-14-32(38(3,4)30(40)13-16-42(31,41)9)52-37(49)35-34(36(47)48)39(35,5)6/h27-35,44,46H,1,10-25H2,2-9H3,(H,47,48)/t27?,28-,29+,30-,31+,32-,33+,34-,35+,40-,41+,42+,43-/m0/s1. The Morgan fingerprint density at radius 3 is 2.13 bits per heavy atom. The van der Waals surface area contributed by atoms with Gasteiger partial charge < -0.3 is 20.3 Å². The fourth-order valence-electron chi connectivity index (χ4n) is 15.1. The van der Waals surface area contributed by atoms with Gasteiger partial charge in [0.25, 0.3) is 0 Å². The van der Waals surface area contributed by atoms with Crippen LogP contribution >= 0.6 is 0 Å². The molecule has 53 heavy (non-hydrogen) atoms. The Labute approximate surface area is 319 Å². The van der Waals surface area contributed by atoms with Gasteiger partial charge in [0.15, 0.2) is 9.84 Å². The van der Waals surface area contributed by atoms with Gasteiger partial charge in [0, 0.05) is 36.6 Å². The second kappa shape index (κ2) is 13.0. The van der Waals surface area contributed by atoms with Crippen LogP contribution in [-0.4, -0.2) is 90.9 Å². The fraction of sp³-hybridized carbons (Fsp3) is 0.907. The summed E-state index contributed by atoms with van der Waals surface area (Å²) in [6, 6.07) is -0.0895. The van der Waals surface area contributed by atoms with Crippen LogP contribution < -0.4 is 5.32 Å². The molecule has 0 spiro atoms. The normalized spacial score (nSPS) is 47.2. The lowest BCUT2D eigenvalue weighted by Gasteiger charge is -2.73. The predicted octanol–water partition coefficient (Wildman–Crippen LogP) is 6.35. The average Bonchev–Trinajstić information content (AvgIpc) is 3.46. The summed E-state index contributed by atoms with van der Waals surface area (Å²) in [7, 11) is -2.99. The Morgan fingerprint density at radius 1 is 0.849 bits per heavy atom. The highest BCUT2D eigenvalue weighted by atomic mass is 32.2. The van der Waals surface area contributed by atoms with Crippen LogP contribution in [0, 0.1) is 68.5 Å². The summed E-state index contributed by atoms with van der Waals surface area (Å²) < 4.78 is 30.6. The molecular weight excluding hydrogens is 689 g/mol. The molecule has 0 aromatic heterocycles. The summed E-state index contributed by atoms with van der Waals surface area (Å²) in [5.41, 5.74) is 0.996. The molecule has 7 rings (SSSR count). The van der Waals surface area contributed by atoms with E-state index in [9.17, 15) is 28.2 Å². The number of hydrogen-bond donors (Lipinski definition) is 3. The third-order valence-corrected chi connectivity index (χ3v) is 20.0. The third kappa shape index (κ3) is 5.94. The molecule has 0 amide bonds. The van der Waals surface area contributed by atoms with Crippen molar-refractivity contribution < 1.29 is 33.0 Å². The largest absolute Gasteiger partial charge is 0.481 e. The predicted molar refractivity (Wildman–Crippen MR) is 207 cm³/mol. The molecule has 6 saturated carbocycles. The Morgan fingerprint density at radius 2 is 1.53 bits per heavy atom. The minimum absolute atomic E-state index is 0.00687. The number of aliphatic hydroxyl groups excluding tert-OH is 1. The Bertz CT molecular complexity index is 1600. The average molecular weight is 759 g/mol. The molecule has 7 fully saturated rings. The van der Waals surface area contributed by atoms with Crippen LogP contribution in [0.3, 0.4) is 0 Å². The van der Waals surface area contributed by atoms with Gasteiger partial charge >= 0.3 is 11.9 Å². The Kier molecular flexibility index (Phi) is 9.76. The van der Waals surface area contributed by atoms with Crippen molar-refractivity contribution in [1.29, 1.82) is 0 Å². The molecule has 1 heterocycles. The number of ether oxygens (including phenoxy) is 1. The summed E-state index contributed by atoms with van der Waals surface area (Å²) >= 11 is 0. The number of esters is 1. The summed E-state index contributed by atoms with van der Waals surface area (Å²) in [6.07, 6.45) is 10.9. The minimum Gasteiger partial charge on any atom is -0.481 e. The maximum absolute atomic E-state index is 13.5. The van der Waals surface area contributed by atoms with Crippen LogP contribution in [-0.2, 0) is 24.2 Å². The Balaban J connectivity index is 1.11. The van der Waals surface area contributed by atoms with E-state index in [1.165, 1.54) is 31.3 Å². The molecule has 1 aliphatic heterocycles. The second-order valence-corrected chi connectivity index (χ2v) is 23.5. The lowest BCUT2D eigenvalue weighted by molar-refractivity contribution is -0.246. The first-order valence-corrected chi connectivity index (χ1v) is 22.8. The van der Waals surface area contributed by atoms with Crippen LogP contribution in [0.25, 0.3) is 0 Å². The monoisotopic (exact) mass is 758 g/mol. The number of aliphatic hydroxyl groups is 1. The first-order chi connectivity index (χ1) is 24.6. The summed E-state index contributed by atoms with van der Waals surface area (Å²) in [6.45, 7) is 24.7. The number of fused-ring (bicyclic) bond motifs is 7. The van der Waals surface area contributed by atoms with Crippen molar-refractivity contribution in [2.45, 2.75) is 137 Å². The number of carboxylic acid groups (broad SMARTS) is 1. The van der Waals surface area contributed by atoms with Crippen LogP contribution in [0.2, 0.25) is 0 Å². The summed E-state index contributed by atoms with van der Waals surface area (Å²) in [5.74, 6) is 0.379. The molecular formula is C43H70N2O7S. The van der Waals surface area contributed by atoms with Gasteiger partial charge in [-0.05, 0) is 122 Å². The molecule has 10 heteroatoms. The van der Waals surface area contributed by atoms with E-state index in [2.05, 4.69) is 58.3 Å². The molecule has 9 nitrogen and oxygen atoms in total. The zero-order valence-corrected chi connectivity index (χ0v) is 34.8. The number of nitrogens with zero attached hydrogens (tertiary/aromatic N) is 1. The van der Waals surface area contributed by atoms with Crippen molar-refractivity contribution in [2.75, 3.05) is 37.7 Å². The highest BCUT2D eigenvalue weighted by Gasteiger charge is 2.72. The molecule has 7 aliphatic rings. The Hall–Kier alpha value is -1.49. The summed E-state index contributed by atoms with van der Waals surface area (Å²) in [4.78, 5) is 27.5. The number of hydrogen-bond acceptors (Lipinski definition) is 8. The number of carbonyl (C=O) groups is 2. The second-order valence-electron chi connectivity index (χ2n) is 21.1. The zero-order valence-electron chi connectivity index (χ0n) is 34.0. The molecule has 0 radical (unpaired) electrons. The molecule has 300 valence electrons. The highest BCUT2D eigenvalue weighted by molar-refractivity contribution is 7.91. The van der Waals surface area contributed by atoms with Crippen LogP contribution in [0.5, 0.6) is 0 Å². The van der Waals surface area contributed by atoms with Crippen molar-refractivity contribution in [2.24, 2.45) is 68.5 Å². The van der Waals surface area contributed by atoms with Gasteiger partial charge in [-0.15, -0.1) is 0 Å². The molecule has 0 aromatic carbocycles. The van der Waals surface area contributed by atoms with E-state index >= 15 is 0 Å². The minimum atomic E-state index is -2.99. The third-order valence-electron chi connectivity index (χ3n) is 18.4. The van der Waals surface area contributed by atoms with Crippen molar-refractivity contribution in [3.63, 3.8) is 0 Å². The van der Waals surface area contributed by atoms with Gasteiger partial charge in [-0.1, -0.05) is 60.6 Å². The molecule has 1 unspecified atom stereocenters. The van der Waals surface area contributed by atoms with E-state index < -0.39 is 33.1 Å². The van der Waals surface area contributed by atoms with Gasteiger partial charge in [-0.3, -0.25) is 14.5 Å².